The van der Waals surface area contributed by atoms with Crippen LogP contribution >= 0.6 is 0 Å². The highest BCUT2D eigenvalue weighted by Gasteiger charge is 2.04. The number of nitrogens with two attached hydrogens (primary N) is 1. The zero-order valence-corrected chi connectivity index (χ0v) is 10.3. The van der Waals surface area contributed by atoms with E-state index in [9.17, 15) is 4.79 Å². The molecule has 104 valence electrons. The first-order valence-corrected chi connectivity index (χ1v) is 5.76. The van der Waals surface area contributed by atoms with Crippen LogP contribution in [0.2, 0.25) is 0 Å². The summed E-state index contributed by atoms with van der Waals surface area (Å²) in [6, 6.07) is 6.52. The number of aliphatic hydroxyl groups is 2. The molecule has 0 aliphatic heterocycles. The molecule has 0 spiro atoms. The van der Waals surface area contributed by atoms with Gasteiger partial charge in [-0.15, -0.1) is 0 Å². The lowest BCUT2D eigenvalue weighted by molar-refractivity contribution is -0.135. The van der Waals surface area contributed by atoms with Crippen LogP contribution in [0.15, 0.2) is 36.1 Å². The fourth-order valence-corrected chi connectivity index (χ4v) is 1.38. The molecular formula is C13H17NO5. The summed E-state index contributed by atoms with van der Waals surface area (Å²) in [5.41, 5.74) is 6.45. The predicted octanol–water partition coefficient (Wildman–Crippen LogP) is 0.974. The molecule has 1 aromatic carbocycles. The number of carbonyl (C=O) groups is 1. The third-order valence-electron chi connectivity index (χ3n) is 2.45. The second-order valence-electron chi connectivity index (χ2n) is 3.89. The van der Waals surface area contributed by atoms with Gasteiger partial charge in [0.25, 0.3) is 0 Å². The van der Waals surface area contributed by atoms with Gasteiger partial charge in [0.1, 0.15) is 5.75 Å². The number of carboxylic acid groups (broad SMARTS) is 1. The van der Waals surface area contributed by atoms with E-state index in [-0.39, 0.29) is 19.6 Å². The zero-order chi connectivity index (χ0) is 14.3. The maximum absolute atomic E-state index is 10.3. The van der Waals surface area contributed by atoms with Crippen LogP contribution < -0.4 is 10.5 Å². The number of benzene rings is 1. The molecule has 6 heteroatoms. The van der Waals surface area contributed by atoms with Gasteiger partial charge in [0.2, 0.25) is 0 Å². The summed E-state index contributed by atoms with van der Waals surface area (Å²) in [5, 5.41) is 26.2. The lowest BCUT2D eigenvalue weighted by Gasteiger charge is -2.09. The molecule has 0 aliphatic carbocycles. The Bertz CT molecular complexity index is 441. The summed E-state index contributed by atoms with van der Waals surface area (Å²) in [6.45, 7) is 0.127. The maximum atomic E-state index is 10.3. The van der Waals surface area contributed by atoms with Gasteiger partial charge in [-0.1, -0.05) is 12.1 Å². The van der Waals surface area contributed by atoms with Gasteiger partial charge in [0.05, 0.1) is 19.3 Å². The van der Waals surface area contributed by atoms with Crippen LogP contribution in [-0.2, 0) is 4.79 Å². The highest BCUT2D eigenvalue weighted by molar-refractivity contribution is 5.83. The lowest BCUT2D eigenvalue weighted by atomic mass is 10.1. The van der Waals surface area contributed by atoms with Gasteiger partial charge in [-0.2, -0.15) is 0 Å². The third kappa shape index (κ3) is 4.99. The highest BCUT2D eigenvalue weighted by atomic mass is 16.5. The van der Waals surface area contributed by atoms with E-state index < -0.39 is 17.8 Å². The van der Waals surface area contributed by atoms with E-state index in [2.05, 4.69) is 0 Å². The van der Waals surface area contributed by atoms with Gasteiger partial charge in [-0.3, -0.25) is 0 Å². The standard InChI is InChI=1S/C13H17NO5/c14-11(8-15)9-3-5-10(6-4-9)19-7-1-2-12(16)13(17)18/h2-6,11,15-16H,1,7-8,14H2,(H,17,18)/b12-2-. The Hall–Kier alpha value is -2.05. The molecule has 0 amide bonds. The first-order valence-electron chi connectivity index (χ1n) is 5.76. The summed E-state index contributed by atoms with van der Waals surface area (Å²) in [4.78, 5) is 10.3. The Morgan fingerprint density at radius 1 is 1.32 bits per heavy atom. The van der Waals surface area contributed by atoms with Crippen LogP contribution in [0, 0.1) is 0 Å². The average molecular weight is 267 g/mol. The van der Waals surface area contributed by atoms with Gasteiger partial charge >= 0.3 is 5.97 Å². The summed E-state index contributed by atoms with van der Waals surface area (Å²) >= 11 is 0. The van der Waals surface area contributed by atoms with Gasteiger partial charge in [0, 0.05) is 6.42 Å². The van der Waals surface area contributed by atoms with Crippen molar-refractivity contribution in [2.75, 3.05) is 13.2 Å². The Morgan fingerprint density at radius 2 is 1.95 bits per heavy atom. The minimum atomic E-state index is -1.36. The molecule has 19 heavy (non-hydrogen) atoms. The molecule has 0 saturated heterocycles. The number of carboxylic acids is 1. The van der Waals surface area contributed by atoms with Crippen LogP contribution in [0.3, 0.4) is 0 Å². The molecule has 1 rings (SSSR count). The maximum Gasteiger partial charge on any atom is 0.370 e. The number of hydrogen-bond donors (Lipinski definition) is 4. The minimum Gasteiger partial charge on any atom is -0.502 e. The number of ether oxygens (including phenoxy) is 1. The van der Waals surface area contributed by atoms with E-state index in [1.807, 2.05) is 0 Å². The van der Waals surface area contributed by atoms with Crippen LogP contribution in [0.4, 0.5) is 0 Å². The monoisotopic (exact) mass is 267 g/mol. The minimum absolute atomic E-state index is 0.126. The van der Waals surface area contributed by atoms with Crippen molar-refractivity contribution in [3.05, 3.63) is 41.7 Å². The molecule has 1 atom stereocenters. The number of aliphatic carboxylic acids is 1. The summed E-state index contributed by atoms with van der Waals surface area (Å²) in [7, 11) is 0. The van der Waals surface area contributed by atoms with E-state index in [4.69, 9.17) is 25.8 Å². The quantitative estimate of drug-likeness (QED) is 0.332. The van der Waals surface area contributed by atoms with Gasteiger partial charge in [0.15, 0.2) is 5.76 Å². The molecule has 6 nitrogen and oxygen atoms in total. The molecule has 1 aromatic rings. The molecule has 0 bridgehead atoms. The second kappa shape index (κ2) is 7.40. The third-order valence-corrected chi connectivity index (χ3v) is 2.45. The van der Waals surface area contributed by atoms with Crippen molar-refractivity contribution >= 4 is 5.97 Å². The summed E-state index contributed by atoms with van der Waals surface area (Å²) in [5.74, 6) is -1.44. The summed E-state index contributed by atoms with van der Waals surface area (Å²) < 4.78 is 5.35. The molecule has 0 aromatic heterocycles. The molecule has 0 saturated carbocycles. The smallest absolute Gasteiger partial charge is 0.370 e. The SMILES string of the molecule is NC(CO)c1ccc(OCC/C=C(\O)C(=O)O)cc1. The van der Waals surface area contributed by atoms with Crippen molar-refractivity contribution in [1.29, 1.82) is 0 Å². The number of hydrogen-bond acceptors (Lipinski definition) is 5. The summed E-state index contributed by atoms with van der Waals surface area (Å²) in [6.07, 6.45) is 1.47. The highest BCUT2D eigenvalue weighted by Crippen LogP contribution is 2.16. The largest absolute Gasteiger partial charge is 0.502 e. The predicted molar refractivity (Wildman–Crippen MR) is 68.9 cm³/mol. The Kier molecular flexibility index (Phi) is 5.84. The van der Waals surface area contributed by atoms with Gasteiger partial charge < -0.3 is 25.8 Å². The van der Waals surface area contributed by atoms with Crippen LogP contribution in [0.1, 0.15) is 18.0 Å². The first kappa shape index (κ1) is 15.0. The van der Waals surface area contributed by atoms with E-state index in [0.29, 0.717) is 5.75 Å². The van der Waals surface area contributed by atoms with Crippen LogP contribution in [0.25, 0.3) is 0 Å². The fraction of sp³-hybridized carbons (Fsp3) is 0.308. The number of aliphatic hydroxyl groups excluding tert-OH is 2. The molecule has 0 aliphatic rings. The van der Waals surface area contributed by atoms with Crippen LogP contribution in [0.5, 0.6) is 5.75 Å². The molecule has 0 fully saturated rings. The van der Waals surface area contributed by atoms with Crippen molar-refractivity contribution in [2.24, 2.45) is 5.73 Å². The normalized spacial score (nSPS) is 13.1. The Balaban J connectivity index is 2.42. The Labute approximate surface area is 110 Å². The molecule has 0 radical (unpaired) electrons. The van der Waals surface area contributed by atoms with E-state index >= 15 is 0 Å². The molecule has 1 unspecified atom stereocenters. The molecular weight excluding hydrogens is 250 g/mol. The zero-order valence-electron chi connectivity index (χ0n) is 10.3. The van der Waals surface area contributed by atoms with Crippen molar-refractivity contribution in [3.63, 3.8) is 0 Å². The average Bonchev–Trinajstić information content (AvgIpc) is 2.43. The van der Waals surface area contributed by atoms with Gasteiger partial charge in [-0.25, -0.2) is 4.79 Å². The molecule has 5 N–H and O–H groups in total. The van der Waals surface area contributed by atoms with Crippen molar-refractivity contribution < 1.29 is 24.9 Å². The van der Waals surface area contributed by atoms with Crippen molar-refractivity contribution in [3.8, 4) is 5.75 Å². The van der Waals surface area contributed by atoms with E-state index in [0.717, 1.165) is 5.56 Å². The Morgan fingerprint density at radius 3 is 2.47 bits per heavy atom. The second-order valence-corrected chi connectivity index (χ2v) is 3.89. The van der Waals surface area contributed by atoms with E-state index in [1.54, 1.807) is 24.3 Å². The van der Waals surface area contributed by atoms with Crippen LogP contribution in [-0.4, -0.2) is 34.5 Å². The topological polar surface area (TPSA) is 113 Å². The van der Waals surface area contributed by atoms with Gasteiger partial charge in [-0.05, 0) is 23.8 Å². The van der Waals surface area contributed by atoms with Crippen molar-refractivity contribution in [2.45, 2.75) is 12.5 Å². The fourth-order valence-electron chi connectivity index (χ4n) is 1.38. The lowest BCUT2D eigenvalue weighted by Crippen LogP contribution is -2.14. The molecule has 0 heterocycles. The number of rotatable bonds is 7. The van der Waals surface area contributed by atoms with E-state index in [1.165, 1.54) is 6.08 Å². The first-order chi connectivity index (χ1) is 9.04. The van der Waals surface area contributed by atoms with Crippen molar-refractivity contribution in [1.82, 2.24) is 0 Å².